The fraction of sp³-hybridized carbons (Fsp3) is 0.0714. The summed E-state index contributed by atoms with van der Waals surface area (Å²) in [7, 11) is 0. The summed E-state index contributed by atoms with van der Waals surface area (Å²) in [6.07, 6.45) is 0. The summed E-state index contributed by atoms with van der Waals surface area (Å²) in [5.41, 5.74) is 1.51. The number of nitrogens with one attached hydrogen (secondary N) is 1. The number of rotatable bonds is 3. The van der Waals surface area contributed by atoms with Gasteiger partial charge in [0.15, 0.2) is 0 Å². The van der Waals surface area contributed by atoms with Crippen LogP contribution < -0.4 is 5.32 Å². The minimum atomic E-state index is -0.538. The minimum Gasteiger partial charge on any atom is -0.366 e. The number of hydrogen-bond donors (Lipinski definition) is 1. The number of anilines is 1. The Balaban J connectivity index is 2.29. The zero-order valence-electron chi connectivity index (χ0n) is 10.0. The first-order chi connectivity index (χ1) is 9.51. The highest BCUT2D eigenvalue weighted by Crippen LogP contribution is 2.31. The van der Waals surface area contributed by atoms with Gasteiger partial charge in [-0.2, -0.15) is 5.26 Å². The van der Waals surface area contributed by atoms with Crippen LogP contribution in [0.15, 0.2) is 45.3 Å². The second-order valence-corrected chi connectivity index (χ2v) is 6.59. The second kappa shape index (κ2) is 6.82. The monoisotopic (exact) mass is 432 g/mol. The quantitative estimate of drug-likeness (QED) is 0.624. The van der Waals surface area contributed by atoms with Gasteiger partial charge in [-0.3, -0.25) is 0 Å². The van der Waals surface area contributed by atoms with Gasteiger partial charge in [0.1, 0.15) is 6.04 Å². The van der Waals surface area contributed by atoms with E-state index in [2.05, 4.69) is 43.2 Å². The Hall–Kier alpha value is -0.730. The average Bonchev–Trinajstić information content (AvgIpc) is 2.41. The highest BCUT2D eigenvalue weighted by atomic mass is 79.9. The maximum Gasteiger partial charge on any atom is 0.141 e. The molecular formula is C14H8Br2Cl2N2. The summed E-state index contributed by atoms with van der Waals surface area (Å²) in [4.78, 5) is 0. The number of hydrogen-bond acceptors (Lipinski definition) is 2. The van der Waals surface area contributed by atoms with Crippen molar-refractivity contribution in [3.05, 3.63) is 61.0 Å². The zero-order valence-corrected chi connectivity index (χ0v) is 14.7. The molecule has 0 aromatic heterocycles. The first-order valence-corrected chi connectivity index (χ1v) is 7.91. The van der Waals surface area contributed by atoms with Crippen molar-refractivity contribution in [1.29, 1.82) is 5.26 Å². The number of halogens is 4. The lowest BCUT2D eigenvalue weighted by atomic mass is 10.1. The second-order valence-electron chi connectivity index (χ2n) is 4.00. The van der Waals surface area contributed by atoms with Crippen LogP contribution in [-0.4, -0.2) is 0 Å². The molecule has 20 heavy (non-hydrogen) atoms. The zero-order chi connectivity index (χ0) is 14.7. The molecule has 2 rings (SSSR count). The third kappa shape index (κ3) is 3.67. The van der Waals surface area contributed by atoms with Gasteiger partial charge in [-0.15, -0.1) is 0 Å². The van der Waals surface area contributed by atoms with Crippen molar-refractivity contribution in [2.75, 3.05) is 5.32 Å². The van der Waals surface area contributed by atoms with E-state index in [-0.39, 0.29) is 0 Å². The minimum absolute atomic E-state index is 0.534. The van der Waals surface area contributed by atoms with Crippen LogP contribution >= 0.6 is 55.1 Å². The molecule has 2 nitrogen and oxygen atoms in total. The molecule has 0 spiro atoms. The molecule has 0 saturated carbocycles. The predicted molar refractivity (Wildman–Crippen MR) is 90.3 cm³/mol. The molecule has 1 atom stereocenters. The molecule has 0 bridgehead atoms. The Kier molecular flexibility index (Phi) is 5.34. The summed E-state index contributed by atoms with van der Waals surface area (Å²) in [5, 5.41) is 13.6. The lowest BCUT2D eigenvalue weighted by Gasteiger charge is -2.15. The lowest BCUT2D eigenvalue weighted by Crippen LogP contribution is -2.09. The van der Waals surface area contributed by atoms with E-state index in [1.165, 1.54) is 0 Å². The topological polar surface area (TPSA) is 35.8 Å². The van der Waals surface area contributed by atoms with Gasteiger partial charge in [-0.1, -0.05) is 45.2 Å². The number of benzene rings is 2. The summed E-state index contributed by atoms with van der Waals surface area (Å²) in [6.45, 7) is 0. The molecular weight excluding hydrogens is 427 g/mol. The van der Waals surface area contributed by atoms with Gasteiger partial charge >= 0.3 is 0 Å². The molecule has 0 saturated heterocycles. The summed E-state index contributed by atoms with van der Waals surface area (Å²) >= 11 is 18.8. The van der Waals surface area contributed by atoms with Crippen LogP contribution in [0.25, 0.3) is 0 Å². The van der Waals surface area contributed by atoms with E-state index < -0.39 is 6.04 Å². The third-order valence-electron chi connectivity index (χ3n) is 2.63. The molecule has 0 amide bonds. The van der Waals surface area contributed by atoms with Gasteiger partial charge in [0.2, 0.25) is 0 Å². The van der Waals surface area contributed by atoms with Crippen LogP contribution in [0.3, 0.4) is 0 Å². The van der Waals surface area contributed by atoms with E-state index >= 15 is 0 Å². The Labute approximate surface area is 144 Å². The maximum absolute atomic E-state index is 9.34. The first kappa shape index (κ1) is 15.7. The number of nitriles is 1. The highest BCUT2D eigenvalue weighted by molar-refractivity contribution is 9.10. The molecule has 2 aromatic rings. The molecule has 0 aliphatic rings. The van der Waals surface area contributed by atoms with E-state index in [1.807, 2.05) is 24.3 Å². The van der Waals surface area contributed by atoms with Crippen LogP contribution in [0.5, 0.6) is 0 Å². The molecule has 0 radical (unpaired) electrons. The van der Waals surface area contributed by atoms with Crippen LogP contribution in [0.1, 0.15) is 11.6 Å². The van der Waals surface area contributed by atoms with Crippen molar-refractivity contribution in [1.82, 2.24) is 0 Å². The Bertz CT molecular complexity index is 683. The fourth-order valence-corrected chi connectivity index (χ4v) is 2.95. The molecule has 6 heteroatoms. The third-order valence-corrected chi connectivity index (χ3v) is 4.67. The van der Waals surface area contributed by atoms with Gasteiger partial charge in [-0.05, 0) is 46.3 Å². The largest absolute Gasteiger partial charge is 0.366 e. The maximum atomic E-state index is 9.34. The van der Waals surface area contributed by atoms with Crippen LogP contribution in [0.2, 0.25) is 10.0 Å². The summed E-state index contributed by atoms with van der Waals surface area (Å²) in [6, 6.07) is 12.5. The van der Waals surface area contributed by atoms with Crippen LogP contribution in [0, 0.1) is 11.3 Å². The van der Waals surface area contributed by atoms with Crippen molar-refractivity contribution in [3.8, 4) is 6.07 Å². The van der Waals surface area contributed by atoms with Gasteiger partial charge in [0.25, 0.3) is 0 Å². The normalized spacial score (nSPS) is 11.8. The van der Waals surface area contributed by atoms with Gasteiger partial charge in [-0.25, -0.2) is 0 Å². The molecule has 0 aliphatic heterocycles. The van der Waals surface area contributed by atoms with Crippen molar-refractivity contribution >= 4 is 60.7 Å². The fourth-order valence-electron chi connectivity index (χ4n) is 1.67. The predicted octanol–water partition coefficient (Wildman–Crippen LogP) is 6.20. The number of nitrogens with zero attached hydrogens (tertiary/aromatic N) is 1. The lowest BCUT2D eigenvalue weighted by molar-refractivity contribution is 0.997. The van der Waals surface area contributed by atoms with Crippen molar-refractivity contribution in [2.45, 2.75) is 6.04 Å². The van der Waals surface area contributed by atoms with Crippen molar-refractivity contribution in [3.63, 3.8) is 0 Å². The SMILES string of the molecule is N#CC(Nc1ccc(Cl)c(Br)c1)c1ccc(Br)cc1Cl. The van der Waals surface area contributed by atoms with E-state index in [1.54, 1.807) is 12.1 Å². The highest BCUT2D eigenvalue weighted by Gasteiger charge is 2.14. The Morgan fingerprint density at radius 2 is 1.80 bits per heavy atom. The van der Waals surface area contributed by atoms with E-state index in [0.29, 0.717) is 10.0 Å². The van der Waals surface area contributed by atoms with Gasteiger partial charge < -0.3 is 5.32 Å². The standard InChI is InChI=1S/C14H8Br2Cl2N2/c15-8-1-3-10(13(18)5-8)14(7-19)20-9-2-4-12(17)11(16)6-9/h1-6,14,20H. The molecule has 1 unspecified atom stereocenters. The van der Waals surface area contributed by atoms with E-state index in [9.17, 15) is 5.26 Å². The van der Waals surface area contributed by atoms with E-state index in [0.717, 1.165) is 20.2 Å². The molecule has 2 aromatic carbocycles. The Morgan fingerprint density at radius 3 is 2.40 bits per heavy atom. The summed E-state index contributed by atoms with van der Waals surface area (Å²) < 4.78 is 1.64. The van der Waals surface area contributed by atoms with Crippen molar-refractivity contribution in [2.24, 2.45) is 0 Å². The first-order valence-electron chi connectivity index (χ1n) is 5.57. The van der Waals surface area contributed by atoms with Crippen LogP contribution in [0.4, 0.5) is 5.69 Å². The molecule has 0 heterocycles. The molecule has 1 N–H and O–H groups in total. The van der Waals surface area contributed by atoms with Crippen LogP contribution in [-0.2, 0) is 0 Å². The smallest absolute Gasteiger partial charge is 0.141 e. The molecule has 0 fully saturated rings. The molecule has 102 valence electrons. The summed E-state index contributed by atoms with van der Waals surface area (Å²) in [5.74, 6) is 0. The molecule has 0 aliphatic carbocycles. The Morgan fingerprint density at radius 1 is 1.05 bits per heavy atom. The van der Waals surface area contributed by atoms with E-state index in [4.69, 9.17) is 23.2 Å². The van der Waals surface area contributed by atoms with Gasteiger partial charge in [0.05, 0.1) is 11.1 Å². The average molecular weight is 435 g/mol. The van der Waals surface area contributed by atoms with Crippen molar-refractivity contribution < 1.29 is 0 Å². The van der Waals surface area contributed by atoms with Gasteiger partial charge in [0, 0.05) is 25.2 Å².